The van der Waals surface area contributed by atoms with E-state index >= 15 is 0 Å². The Morgan fingerprint density at radius 1 is 1.43 bits per heavy atom. The average Bonchev–Trinajstić information content (AvgIpc) is 2.44. The summed E-state index contributed by atoms with van der Waals surface area (Å²) in [5, 5.41) is 8.75. The van der Waals surface area contributed by atoms with Gasteiger partial charge in [0.25, 0.3) is 5.91 Å². The molecule has 1 aliphatic rings. The summed E-state index contributed by atoms with van der Waals surface area (Å²) in [6, 6.07) is 5.72. The molecule has 0 heterocycles. The second-order valence-corrected chi connectivity index (χ2v) is 5.79. The minimum absolute atomic E-state index is 0.0643. The van der Waals surface area contributed by atoms with Crippen molar-refractivity contribution in [1.82, 2.24) is 4.90 Å². The van der Waals surface area contributed by atoms with Crippen LogP contribution in [0.1, 0.15) is 47.2 Å². The van der Waals surface area contributed by atoms with E-state index in [2.05, 4.69) is 11.8 Å². The molecule has 1 aromatic rings. The lowest BCUT2D eigenvalue weighted by atomic mass is 9.85. The van der Waals surface area contributed by atoms with Crippen LogP contribution < -0.4 is 0 Å². The first-order valence-corrected chi connectivity index (χ1v) is 7.57. The van der Waals surface area contributed by atoms with Crippen LogP contribution >= 0.6 is 0 Å². The van der Waals surface area contributed by atoms with Gasteiger partial charge in [0.15, 0.2) is 0 Å². The van der Waals surface area contributed by atoms with Crippen molar-refractivity contribution in [2.75, 3.05) is 20.2 Å². The Labute approximate surface area is 127 Å². The molecule has 0 aliphatic heterocycles. The monoisotopic (exact) mass is 285 g/mol. The molecule has 0 spiro atoms. The van der Waals surface area contributed by atoms with Gasteiger partial charge in [0.2, 0.25) is 0 Å². The van der Waals surface area contributed by atoms with Gasteiger partial charge < -0.3 is 10.0 Å². The van der Waals surface area contributed by atoms with E-state index in [0.29, 0.717) is 12.3 Å². The average molecular weight is 285 g/mol. The van der Waals surface area contributed by atoms with Crippen molar-refractivity contribution in [1.29, 1.82) is 0 Å². The fourth-order valence-electron chi connectivity index (χ4n) is 2.50. The van der Waals surface area contributed by atoms with Crippen LogP contribution in [0.15, 0.2) is 18.2 Å². The molecule has 1 N–H and O–H groups in total. The maximum atomic E-state index is 12.6. The quantitative estimate of drug-likeness (QED) is 0.864. The highest BCUT2D eigenvalue weighted by molar-refractivity contribution is 5.95. The van der Waals surface area contributed by atoms with Crippen LogP contribution in [0.5, 0.6) is 0 Å². The highest BCUT2D eigenvalue weighted by Gasteiger charge is 2.22. The summed E-state index contributed by atoms with van der Waals surface area (Å²) in [4.78, 5) is 14.4. The number of rotatable bonds is 4. The van der Waals surface area contributed by atoms with E-state index in [-0.39, 0.29) is 12.5 Å². The Balaban J connectivity index is 2.11. The molecule has 1 fully saturated rings. The van der Waals surface area contributed by atoms with Gasteiger partial charge in [-0.15, -0.1) is 0 Å². The second-order valence-electron chi connectivity index (χ2n) is 5.79. The maximum absolute atomic E-state index is 12.6. The van der Waals surface area contributed by atoms with Crippen molar-refractivity contribution in [3.8, 4) is 11.8 Å². The van der Waals surface area contributed by atoms with Crippen LogP contribution in [0.3, 0.4) is 0 Å². The predicted molar refractivity (Wildman–Crippen MR) is 84.1 cm³/mol. The van der Waals surface area contributed by atoms with E-state index < -0.39 is 0 Å². The van der Waals surface area contributed by atoms with Crippen molar-refractivity contribution in [3.05, 3.63) is 34.9 Å². The first-order chi connectivity index (χ1) is 10.1. The fraction of sp³-hybridized carbons (Fsp3) is 0.500. The lowest BCUT2D eigenvalue weighted by Gasteiger charge is -2.30. The molecule has 2 rings (SSSR count). The van der Waals surface area contributed by atoms with E-state index in [1.54, 1.807) is 0 Å². The number of aliphatic hydroxyl groups excluding tert-OH is 1. The number of carbonyl (C=O) groups excluding carboxylic acids is 1. The SMILES string of the molecule is Cc1ccc(C#CCCO)cc1C(=O)N(C)CC1CCC1. The van der Waals surface area contributed by atoms with Gasteiger partial charge in [-0.05, 0) is 43.4 Å². The molecule has 0 radical (unpaired) electrons. The molecule has 1 aliphatic carbocycles. The first-order valence-electron chi connectivity index (χ1n) is 7.57. The van der Waals surface area contributed by atoms with Gasteiger partial charge in [0, 0.05) is 31.1 Å². The van der Waals surface area contributed by atoms with E-state index in [1.807, 2.05) is 37.1 Å². The maximum Gasteiger partial charge on any atom is 0.253 e. The third kappa shape index (κ3) is 4.09. The van der Waals surface area contributed by atoms with Crippen molar-refractivity contribution < 1.29 is 9.90 Å². The Kier molecular flexibility index (Phi) is 5.41. The topological polar surface area (TPSA) is 40.5 Å². The van der Waals surface area contributed by atoms with Gasteiger partial charge in [-0.2, -0.15) is 0 Å². The van der Waals surface area contributed by atoms with Gasteiger partial charge in [-0.25, -0.2) is 0 Å². The first kappa shape index (κ1) is 15.6. The summed E-state index contributed by atoms with van der Waals surface area (Å²) in [6.45, 7) is 2.86. The van der Waals surface area contributed by atoms with Crippen LogP contribution in [0.4, 0.5) is 0 Å². The molecule has 0 saturated heterocycles. The molecular formula is C18H23NO2. The van der Waals surface area contributed by atoms with Crippen molar-refractivity contribution >= 4 is 5.91 Å². The Hall–Kier alpha value is -1.79. The van der Waals surface area contributed by atoms with Gasteiger partial charge in [-0.1, -0.05) is 24.3 Å². The zero-order valence-corrected chi connectivity index (χ0v) is 12.9. The molecule has 112 valence electrons. The van der Waals surface area contributed by atoms with Crippen LogP contribution in [0.2, 0.25) is 0 Å². The zero-order valence-electron chi connectivity index (χ0n) is 12.9. The predicted octanol–water partition coefficient (Wildman–Crippen LogP) is 2.60. The lowest BCUT2D eigenvalue weighted by Crippen LogP contribution is -2.34. The number of aryl methyl sites for hydroxylation is 1. The number of benzene rings is 1. The molecule has 1 amide bonds. The van der Waals surface area contributed by atoms with Crippen LogP contribution in [0, 0.1) is 24.7 Å². The molecular weight excluding hydrogens is 262 g/mol. The molecule has 3 nitrogen and oxygen atoms in total. The summed E-state index contributed by atoms with van der Waals surface area (Å²) in [5.74, 6) is 6.63. The third-order valence-electron chi connectivity index (χ3n) is 4.04. The van der Waals surface area contributed by atoms with E-state index in [1.165, 1.54) is 19.3 Å². The molecule has 0 atom stereocenters. The number of nitrogens with zero attached hydrogens (tertiary/aromatic N) is 1. The fourth-order valence-corrected chi connectivity index (χ4v) is 2.50. The number of aliphatic hydroxyl groups is 1. The molecule has 0 unspecified atom stereocenters. The number of hydrogen-bond acceptors (Lipinski definition) is 2. The summed E-state index contributed by atoms with van der Waals surface area (Å²) in [5.41, 5.74) is 2.54. The molecule has 1 saturated carbocycles. The summed E-state index contributed by atoms with van der Waals surface area (Å²) in [6.07, 6.45) is 4.23. The van der Waals surface area contributed by atoms with Crippen LogP contribution in [-0.2, 0) is 0 Å². The minimum Gasteiger partial charge on any atom is -0.395 e. The standard InChI is InChI=1S/C18H23NO2/c1-14-9-10-15(6-3-4-11-20)12-17(14)18(21)19(2)13-16-7-5-8-16/h9-10,12,16,20H,4-5,7-8,11,13H2,1-2H3. The number of amides is 1. The van der Waals surface area contributed by atoms with E-state index in [9.17, 15) is 4.79 Å². The molecule has 1 aromatic carbocycles. The minimum atomic E-state index is 0.0643. The van der Waals surface area contributed by atoms with Gasteiger partial charge in [0.1, 0.15) is 0 Å². The Morgan fingerprint density at radius 2 is 2.19 bits per heavy atom. The van der Waals surface area contributed by atoms with Crippen molar-refractivity contribution in [2.24, 2.45) is 5.92 Å². The molecule has 0 aromatic heterocycles. The van der Waals surface area contributed by atoms with Gasteiger partial charge >= 0.3 is 0 Å². The van der Waals surface area contributed by atoms with E-state index in [0.717, 1.165) is 23.2 Å². The van der Waals surface area contributed by atoms with Crippen molar-refractivity contribution in [3.63, 3.8) is 0 Å². The molecule has 21 heavy (non-hydrogen) atoms. The Bertz CT molecular complexity index is 564. The Morgan fingerprint density at radius 3 is 2.81 bits per heavy atom. The zero-order chi connectivity index (χ0) is 15.2. The molecule has 0 bridgehead atoms. The van der Waals surface area contributed by atoms with Crippen LogP contribution in [0.25, 0.3) is 0 Å². The second kappa shape index (κ2) is 7.28. The normalized spacial score (nSPS) is 14.0. The summed E-state index contributed by atoms with van der Waals surface area (Å²) in [7, 11) is 1.88. The largest absolute Gasteiger partial charge is 0.395 e. The van der Waals surface area contributed by atoms with Gasteiger partial charge in [0.05, 0.1) is 6.61 Å². The third-order valence-corrected chi connectivity index (χ3v) is 4.04. The van der Waals surface area contributed by atoms with Gasteiger partial charge in [-0.3, -0.25) is 4.79 Å². The lowest BCUT2D eigenvalue weighted by molar-refractivity contribution is 0.0744. The smallest absolute Gasteiger partial charge is 0.253 e. The number of hydrogen-bond donors (Lipinski definition) is 1. The molecule has 3 heteroatoms. The van der Waals surface area contributed by atoms with Crippen LogP contribution in [-0.4, -0.2) is 36.1 Å². The highest BCUT2D eigenvalue weighted by Crippen LogP contribution is 2.27. The summed E-state index contributed by atoms with van der Waals surface area (Å²) >= 11 is 0. The van der Waals surface area contributed by atoms with E-state index in [4.69, 9.17) is 5.11 Å². The summed E-state index contributed by atoms with van der Waals surface area (Å²) < 4.78 is 0. The number of carbonyl (C=O) groups is 1. The highest BCUT2D eigenvalue weighted by atomic mass is 16.2. The van der Waals surface area contributed by atoms with Crippen molar-refractivity contribution in [2.45, 2.75) is 32.6 Å².